The number of morpholine rings is 1. The van der Waals surface area contributed by atoms with Gasteiger partial charge >= 0.3 is 0 Å². The zero-order chi connectivity index (χ0) is 21.7. The van der Waals surface area contributed by atoms with Crippen LogP contribution in [0.2, 0.25) is 0 Å². The average molecular weight is 477 g/mol. The van der Waals surface area contributed by atoms with Gasteiger partial charge < -0.3 is 10.1 Å². The summed E-state index contributed by atoms with van der Waals surface area (Å²) in [5.74, 6) is 0.0864. The number of rotatable bonds is 8. The van der Waals surface area contributed by atoms with E-state index in [1.54, 1.807) is 12.1 Å². The van der Waals surface area contributed by atoms with Crippen molar-refractivity contribution in [3.63, 3.8) is 0 Å². The Bertz CT molecular complexity index is 1130. The lowest BCUT2D eigenvalue weighted by Crippen LogP contribution is -2.40. The lowest BCUT2D eigenvalue weighted by Gasteiger charge is -2.26. The molecule has 2 heterocycles. The second kappa shape index (κ2) is 9.88. The number of ether oxygens (including phenoxy) is 1. The van der Waals surface area contributed by atoms with Crippen molar-refractivity contribution in [1.82, 2.24) is 14.5 Å². The van der Waals surface area contributed by atoms with Gasteiger partial charge in [-0.25, -0.2) is 8.42 Å². The fraction of sp³-hybridized carbons (Fsp3) is 0.250. The summed E-state index contributed by atoms with van der Waals surface area (Å²) in [6.45, 7) is 1.45. The van der Waals surface area contributed by atoms with E-state index in [4.69, 9.17) is 4.74 Å². The van der Waals surface area contributed by atoms with Gasteiger partial charge in [0.05, 0.1) is 23.9 Å². The molecule has 0 unspecified atom stereocenters. The molecule has 8 nitrogen and oxygen atoms in total. The highest BCUT2D eigenvalue weighted by Crippen LogP contribution is 2.28. The van der Waals surface area contributed by atoms with E-state index in [1.807, 2.05) is 30.3 Å². The number of ketones is 1. The van der Waals surface area contributed by atoms with Gasteiger partial charge in [-0.2, -0.15) is 4.31 Å². The van der Waals surface area contributed by atoms with Crippen LogP contribution in [-0.4, -0.2) is 60.8 Å². The molecule has 162 valence electrons. The Labute approximate surface area is 188 Å². The van der Waals surface area contributed by atoms with Gasteiger partial charge in [-0.1, -0.05) is 53.4 Å². The van der Waals surface area contributed by atoms with Crippen molar-refractivity contribution >= 4 is 49.7 Å². The molecule has 1 aliphatic heterocycles. The molecule has 3 aromatic rings. The molecule has 11 heteroatoms. The molecule has 0 radical (unpaired) electrons. The van der Waals surface area contributed by atoms with E-state index in [2.05, 4.69) is 15.5 Å². The van der Waals surface area contributed by atoms with Crippen LogP contribution < -0.4 is 5.32 Å². The Hall–Kier alpha value is -2.31. The highest BCUT2D eigenvalue weighted by Gasteiger charge is 2.26. The van der Waals surface area contributed by atoms with Crippen LogP contribution in [-0.2, 0) is 14.8 Å². The first-order valence-corrected chi connectivity index (χ1v) is 12.8. The van der Waals surface area contributed by atoms with Crippen LogP contribution in [0.25, 0.3) is 0 Å². The van der Waals surface area contributed by atoms with Crippen molar-refractivity contribution < 1.29 is 17.9 Å². The highest BCUT2D eigenvalue weighted by atomic mass is 32.2. The van der Waals surface area contributed by atoms with Crippen LogP contribution in [0.5, 0.6) is 0 Å². The number of para-hydroxylation sites is 1. The van der Waals surface area contributed by atoms with E-state index in [1.165, 1.54) is 39.5 Å². The predicted molar refractivity (Wildman–Crippen MR) is 121 cm³/mol. The van der Waals surface area contributed by atoms with Crippen molar-refractivity contribution in [2.45, 2.75) is 9.24 Å². The largest absolute Gasteiger partial charge is 0.379 e. The number of thioether (sulfide) groups is 1. The van der Waals surface area contributed by atoms with Crippen molar-refractivity contribution in [1.29, 1.82) is 0 Å². The third kappa shape index (κ3) is 5.49. The first-order chi connectivity index (χ1) is 15.0. The summed E-state index contributed by atoms with van der Waals surface area (Å²) < 4.78 is 32.6. The number of carbonyl (C=O) groups is 1. The van der Waals surface area contributed by atoms with Crippen LogP contribution >= 0.6 is 23.1 Å². The molecule has 2 aromatic carbocycles. The second-order valence-corrected chi connectivity index (χ2v) is 10.8. The Kier molecular flexibility index (Phi) is 6.98. The standard InChI is InChI=1S/C20H20N4O4S3/c25-18(14-29-20-23-22-19(30-20)21-16-4-2-1-3-5-16)15-6-8-17(9-7-15)31(26,27)24-10-12-28-13-11-24/h1-9H,10-14H2,(H,21,22). The zero-order valence-electron chi connectivity index (χ0n) is 16.4. The fourth-order valence-electron chi connectivity index (χ4n) is 2.92. The highest BCUT2D eigenvalue weighted by molar-refractivity contribution is 8.01. The predicted octanol–water partition coefficient (Wildman–Crippen LogP) is 3.28. The third-order valence-corrected chi connectivity index (χ3v) is 8.43. The van der Waals surface area contributed by atoms with Gasteiger partial charge in [0, 0.05) is 24.3 Å². The minimum atomic E-state index is -3.57. The number of aromatic nitrogens is 2. The van der Waals surface area contributed by atoms with Crippen molar-refractivity contribution in [2.24, 2.45) is 0 Å². The summed E-state index contributed by atoms with van der Waals surface area (Å²) in [6, 6.07) is 15.7. The number of nitrogens with one attached hydrogen (secondary N) is 1. The Morgan fingerprint density at radius 3 is 2.48 bits per heavy atom. The maximum Gasteiger partial charge on any atom is 0.243 e. The number of Topliss-reactive ketones (excluding diaryl/α,β-unsaturated/α-hetero) is 1. The minimum absolute atomic E-state index is 0.104. The lowest BCUT2D eigenvalue weighted by molar-refractivity contribution is 0.0730. The van der Waals surface area contributed by atoms with Crippen molar-refractivity contribution in [3.8, 4) is 0 Å². The van der Waals surface area contributed by atoms with E-state index in [0.29, 0.717) is 41.3 Å². The number of benzene rings is 2. The van der Waals surface area contributed by atoms with E-state index < -0.39 is 10.0 Å². The van der Waals surface area contributed by atoms with E-state index in [0.717, 1.165) is 5.69 Å². The molecule has 0 bridgehead atoms. The number of hydrogen-bond donors (Lipinski definition) is 1. The fourth-order valence-corrected chi connectivity index (χ4v) is 6.00. The average Bonchev–Trinajstić information content (AvgIpc) is 3.26. The van der Waals surface area contributed by atoms with Crippen LogP contribution in [0.3, 0.4) is 0 Å². The number of sulfonamides is 1. The van der Waals surface area contributed by atoms with Crippen LogP contribution in [0.15, 0.2) is 63.8 Å². The normalized spacial score (nSPS) is 15.0. The van der Waals surface area contributed by atoms with Gasteiger partial charge in [0.1, 0.15) is 0 Å². The molecule has 31 heavy (non-hydrogen) atoms. The maximum atomic E-state index is 12.7. The second-order valence-electron chi connectivity index (χ2n) is 6.62. The number of hydrogen-bond acceptors (Lipinski definition) is 9. The SMILES string of the molecule is O=C(CSc1nnc(Nc2ccccc2)s1)c1ccc(S(=O)(=O)N2CCOCC2)cc1. The Balaban J connectivity index is 1.34. The number of nitrogens with zero attached hydrogens (tertiary/aromatic N) is 3. The smallest absolute Gasteiger partial charge is 0.243 e. The van der Waals surface area contributed by atoms with Crippen LogP contribution in [0.1, 0.15) is 10.4 Å². The van der Waals surface area contributed by atoms with Crippen molar-refractivity contribution in [3.05, 3.63) is 60.2 Å². The molecule has 0 spiro atoms. The summed E-state index contributed by atoms with van der Waals surface area (Å²) in [6.07, 6.45) is 0. The Morgan fingerprint density at radius 2 is 1.77 bits per heavy atom. The quantitative estimate of drug-likeness (QED) is 0.390. The molecular formula is C20H20N4O4S3. The molecule has 1 N–H and O–H groups in total. The summed E-state index contributed by atoms with van der Waals surface area (Å²) >= 11 is 2.67. The summed E-state index contributed by atoms with van der Waals surface area (Å²) in [5.41, 5.74) is 1.37. The molecule has 0 amide bonds. The number of anilines is 2. The van der Waals surface area contributed by atoms with Gasteiger partial charge in [-0.3, -0.25) is 4.79 Å². The summed E-state index contributed by atoms with van der Waals surface area (Å²) in [5, 5.41) is 12.0. The molecule has 1 aromatic heterocycles. The summed E-state index contributed by atoms with van der Waals surface area (Å²) in [4.78, 5) is 12.7. The van der Waals surface area contributed by atoms with E-state index in [-0.39, 0.29) is 16.4 Å². The van der Waals surface area contributed by atoms with Gasteiger partial charge in [0.25, 0.3) is 0 Å². The van der Waals surface area contributed by atoms with Crippen molar-refractivity contribution in [2.75, 3.05) is 37.4 Å². The molecule has 0 saturated carbocycles. The molecule has 0 aliphatic carbocycles. The van der Waals surface area contributed by atoms with Gasteiger partial charge in [-0.15, -0.1) is 10.2 Å². The van der Waals surface area contributed by atoms with Gasteiger partial charge in [0.2, 0.25) is 15.2 Å². The van der Waals surface area contributed by atoms with E-state index >= 15 is 0 Å². The topological polar surface area (TPSA) is 101 Å². The van der Waals surface area contributed by atoms with Gasteiger partial charge in [-0.05, 0) is 24.3 Å². The van der Waals surface area contributed by atoms with Crippen LogP contribution in [0.4, 0.5) is 10.8 Å². The molecule has 4 rings (SSSR count). The molecular weight excluding hydrogens is 456 g/mol. The maximum absolute atomic E-state index is 12.7. The minimum Gasteiger partial charge on any atom is -0.379 e. The third-order valence-electron chi connectivity index (χ3n) is 4.54. The molecule has 1 saturated heterocycles. The van der Waals surface area contributed by atoms with Crippen LogP contribution in [0, 0.1) is 0 Å². The number of carbonyl (C=O) groups excluding carboxylic acids is 1. The molecule has 1 aliphatic rings. The first kappa shape index (κ1) is 21.9. The van der Waals surface area contributed by atoms with E-state index in [9.17, 15) is 13.2 Å². The monoisotopic (exact) mass is 476 g/mol. The van der Waals surface area contributed by atoms with Gasteiger partial charge in [0.15, 0.2) is 10.1 Å². The lowest BCUT2D eigenvalue weighted by atomic mass is 10.1. The summed E-state index contributed by atoms with van der Waals surface area (Å²) in [7, 11) is -3.57. The zero-order valence-corrected chi connectivity index (χ0v) is 18.9. The Morgan fingerprint density at radius 1 is 1.06 bits per heavy atom. The molecule has 1 fully saturated rings. The molecule has 0 atom stereocenters. The first-order valence-electron chi connectivity index (χ1n) is 9.52.